The number of hydrogen-bond donors (Lipinski definition) is 1. The van der Waals surface area contributed by atoms with Crippen LogP contribution in [0.25, 0.3) is 0 Å². The fourth-order valence-electron chi connectivity index (χ4n) is 1.23. The molecular weight excluding hydrogens is 198 g/mol. The lowest BCUT2D eigenvalue weighted by molar-refractivity contribution is -0.139. The summed E-state index contributed by atoms with van der Waals surface area (Å²) >= 11 is 0. The van der Waals surface area contributed by atoms with E-state index in [-0.39, 0.29) is 13.0 Å². The van der Waals surface area contributed by atoms with Crippen LogP contribution in [0.4, 0.5) is 0 Å². The van der Waals surface area contributed by atoms with E-state index in [1.807, 2.05) is 0 Å². The van der Waals surface area contributed by atoms with E-state index in [1.54, 1.807) is 24.4 Å². The Kier molecular flexibility index (Phi) is 4.28. The van der Waals surface area contributed by atoms with Gasteiger partial charge in [-0.05, 0) is 12.1 Å². The minimum absolute atomic E-state index is 0.0345. The minimum Gasteiger partial charge on any atom is -0.481 e. The molecule has 1 rings (SSSR count). The Morgan fingerprint density at radius 3 is 2.93 bits per heavy atom. The van der Waals surface area contributed by atoms with Gasteiger partial charge in [-0.1, -0.05) is 6.07 Å². The molecule has 5 heteroatoms. The summed E-state index contributed by atoms with van der Waals surface area (Å²) in [6, 6.07) is 5.21. The molecule has 0 aliphatic rings. The van der Waals surface area contributed by atoms with Crippen molar-refractivity contribution in [3.8, 4) is 0 Å². The summed E-state index contributed by atoms with van der Waals surface area (Å²) in [5.74, 6) is -1.34. The van der Waals surface area contributed by atoms with Crippen LogP contribution in [-0.2, 0) is 14.3 Å². The second kappa shape index (κ2) is 5.74. The number of carbonyl (C=O) groups excluding carboxylic acids is 1. The molecule has 1 unspecified atom stereocenters. The van der Waals surface area contributed by atoms with Crippen molar-refractivity contribution in [1.82, 2.24) is 4.98 Å². The first kappa shape index (κ1) is 11.2. The number of hydrogen-bond acceptors (Lipinski definition) is 4. The van der Waals surface area contributed by atoms with Gasteiger partial charge in [0.05, 0.1) is 13.0 Å². The summed E-state index contributed by atoms with van der Waals surface area (Å²) in [5.41, 5.74) is 0.613. The molecule has 0 fully saturated rings. The summed E-state index contributed by atoms with van der Waals surface area (Å²) in [6.45, 7) is 0.338. The Hall–Kier alpha value is -1.91. The minimum atomic E-state index is -0.944. The molecule has 0 saturated carbocycles. The number of aromatic nitrogens is 1. The van der Waals surface area contributed by atoms with Crippen molar-refractivity contribution in [2.75, 3.05) is 6.61 Å². The summed E-state index contributed by atoms with van der Waals surface area (Å²) in [7, 11) is 0. The third kappa shape index (κ3) is 3.76. The van der Waals surface area contributed by atoms with Gasteiger partial charge in [0.15, 0.2) is 0 Å². The molecule has 1 atom stereocenters. The highest BCUT2D eigenvalue weighted by Gasteiger charge is 2.17. The van der Waals surface area contributed by atoms with Gasteiger partial charge in [0.1, 0.15) is 0 Å². The highest BCUT2D eigenvalue weighted by Crippen LogP contribution is 2.17. The van der Waals surface area contributed by atoms with Crippen molar-refractivity contribution < 1.29 is 19.4 Å². The topological polar surface area (TPSA) is 76.5 Å². The Balaban J connectivity index is 2.71. The van der Waals surface area contributed by atoms with Gasteiger partial charge in [0.25, 0.3) is 6.47 Å². The number of pyridine rings is 1. The second-order valence-corrected chi connectivity index (χ2v) is 2.98. The van der Waals surface area contributed by atoms with Crippen LogP contribution in [0.2, 0.25) is 0 Å². The van der Waals surface area contributed by atoms with E-state index in [0.29, 0.717) is 12.2 Å². The Bertz CT molecular complexity index is 325. The molecule has 0 aliphatic carbocycles. The molecule has 0 aromatic carbocycles. The van der Waals surface area contributed by atoms with Gasteiger partial charge < -0.3 is 9.84 Å². The molecule has 0 bridgehead atoms. The number of nitrogens with zero attached hydrogens (tertiary/aromatic N) is 1. The first-order valence-corrected chi connectivity index (χ1v) is 4.42. The molecule has 0 aliphatic heterocycles. The molecule has 1 heterocycles. The van der Waals surface area contributed by atoms with Crippen LogP contribution >= 0.6 is 0 Å². The van der Waals surface area contributed by atoms with E-state index < -0.39 is 11.9 Å². The monoisotopic (exact) mass is 209 g/mol. The number of ether oxygens (including phenoxy) is 1. The van der Waals surface area contributed by atoms with E-state index in [9.17, 15) is 9.59 Å². The first-order valence-electron chi connectivity index (χ1n) is 4.42. The molecule has 15 heavy (non-hydrogen) atoms. The molecule has 0 saturated heterocycles. The van der Waals surface area contributed by atoms with Crippen molar-refractivity contribution in [2.45, 2.75) is 12.3 Å². The average Bonchev–Trinajstić information content (AvgIpc) is 2.25. The fraction of sp³-hybridized carbons (Fsp3) is 0.300. The van der Waals surface area contributed by atoms with Crippen LogP contribution in [0.15, 0.2) is 24.4 Å². The van der Waals surface area contributed by atoms with Crippen LogP contribution in [0, 0.1) is 0 Å². The zero-order chi connectivity index (χ0) is 11.1. The molecule has 1 aromatic heterocycles. The van der Waals surface area contributed by atoms with Gasteiger partial charge in [-0.15, -0.1) is 0 Å². The quantitative estimate of drug-likeness (QED) is 0.701. The predicted octanol–water partition coefficient (Wildman–Crippen LogP) is 0.813. The van der Waals surface area contributed by atoms with Gasteiger partial charge in [0.2, 0.25) is 0 Å². The average molecular weight is 209 g/mol. The third-order valence-corrected chi connectivity index (χ3v) is 1.89. The summed E-state index contributed by atoms with van der Waals surface area (Å²) < 4.78 is 4.57. The molecule has 0 amide bonds. The number of aliphatic carboxylic acids is 1. The van der Waals surface area contributed by atoms with E-state index in [0.717, 1.165) is 0 Å². The SMILES string of the molecule is O=COCC(CC(=O)O)c1ccccn1. The van der Waals surface area contributed by atoms with Crippen molar-refractivity contribution in [3.05, 3.63) is 30.1 Å². The maximum atomic E-state index is 10.6. The van der Waals surface area contributed by atoms with Crippen LogP contribution in [0.1, 0.15) is 18.0 Å². The lowest BCUT2D eigenvalue weighted by atomic mass is 10.0. The maximum Gasteiger partial charge on any atom is 0.304 e. The predicted molar refractivity (Wildman–Crippen MR) is 51.2 cm³/mol. The zero-order valence-electron chi connectivity index (χ0n) is 8.00. The van der Waals surface area contributed by atoms with Gasteiger partial charge in [0, 0.05) is 17.8 Å². The Morgan fingerprint density at radius 1 is 1.60 bits per heavy atom. The standard InChI is InChI=1S/C10H11NO4/c12-7-15-6-8(5-10(13)14)9-3-1-2-4-11-9/h1-4,7-8H,5-6H2,(H,13,14). The third-order valence-electron chi connectivity index (χ3n) is 1.89. The lowest BCUT2D eigenvalue weighted by Gasteiger charge is -2.12. The van der Waals surface area contributed by atoms with Crippen molar-refractivity contribution in [3.63, 3.8) is 0 Å². The van der Waals surface area contributed by atoms with E-state index in [4.69, 9.17) is 5.11 Å². The molecule has 5 nitrogen and oxygen atoms in total. The number of carboxylic acids is 1. The van der Waals surface area contributed by atoms with E-state index in [2.05, 4.69) is 9.72 Å². The van der Waals surface area contributed by atoms with Gasteiger partial charge in [-0.2, -0.15) is 0 Å². The van der Waals surface area contributed by atoms with Crippen molar-refractivity contribution in [2.24, 2.45) is 0 Å². The number of carbonyl (C=O) groups is 2. The van der Waals surface area contributed by atoms with Crippen LogP contribution in [-0.4, -0.2) is 29.1 Å². The highest BCUT2D eigenvalue weighted by atomic mass is 16.5. The molecule has 1 N–H and O–H groups in total. The van der Waals surface area contributed by atoms with Gasteiger partial charge >= 0.3 is 5.97 Å². The molecule has 0 radical (unpaired) electrons. The largest absolute Gasteiger partial charge is 0.481 e. The number of rotatable bonds is 6. The van der Waals surface area contributed by atoms with Gasteiger partial charge in [-0.3, -0.25) is 14.6 Å². The van der Waals surface area contributed by atoms with Crippen LogP contribution < -0.4 is 0 Å². The summed E-state index contributed by atoms with van der Waals surface area (Å²) in [6.07, 6.45) is 1.47. The zero-order valence-corrected chi connectivity index (χ0v) is 8.00. The van der Waals surface area contributed by atoms with Crippen molar-refractivity contribution in [1.29, 1.82) is 0 Å². The summed E-state index contributed by atoms with van der Waals surface area (Å²) in [4.78, 5) is 24.6. The van der Waals surface area contributed by atoms with E-state index in [1.165, 1.54) is 0 Å². The van der Waals surface area contributed by atoms with Crippen molar-refractivity contribution >= 4 is 12.4 Å². The Labute approximate surface area is 86.7 Å². The smallest absolute Gasteiger partial charge is 0.304 e. The second-order valence-electron chi connectivity index (χ2n) is 2.98. The highest BCUT2D eigenvalue weighted by molar-refractivity contribution is 5.68. The summed E-state index contributed by atoms with van der Waals surface area (Å²) in [5, 5.41) is 8.67. The normalized spacial score (nSPS) is 11.7. The molecular formula is C10H11NO4. The maximum absolute atomic E-state index is 10.6. The first-order chi connectivity index (χ1) is 7.24. The van der Waals surface area contributed by atoms with Gasteiger partial charge in [-0.25, -0.2) is 0 Å². The van der Waals surface area contributed by atoms with Crippen LogP contribution in [0.5, 0.6) is 0 Å². The molecule has 0 spiro atoms. The fourth-order valence-corrected chi connectivity index (χ4v) is 1.23. The lowest BCUT2D eigenvalue weighted by Crippen LogP contribution is -2.13. The molecule has 80 valence electrons. The number of carboxylic acid groups (broad SMARTS) is 1. The molecule has 1 aromatic rings. The Morgan fingerprint density at radius 2 is 2.40 bits per heavy atom. The van der Waals surface area contributed by atoms with Crippen LogP contribution in [0.3, 0.4) is 0 Å². The van der Waals surface area contributed by atoms with E-state index >= 15 is 0 Å².